The minimum Gasteiger partial charge on any atom is -0.302 e. The van der Waals surface area contributed by atoms with Crippen molar-refractivity contribution in [1.29, 1.82) is 0 Å². The van der Waals surface area contributed by atoms with E-state index >= 15 is 0 Å². The average Bonchev–Trinajstić information content (AvgIpc) is 1.76. The molecule has 1 saturated heterocycles. The van der Waals surface area contributed by atoms with Crippen LogP contribution in [0.5, 0.6) is 0 Å². The van der Waals surface area contributed by atoms with E-state index in [1.54, 1.807) is 0 Å². The van der Waals surface area contributed by atoms with E-state index in [4.69, 9.17) is 14.7 Å². The van der Waals surface area contributed by atoms with Crippen LogP contribution in [0.25, 0.3) is 0 Å². The van der Waals surface area contributed by atoms with Crippen molar-refractivity contribution in [2.75, 3.05) is 6.79 Å². The summed E-state index contributed by atoms with van der Waals surface area (Å²) in [5, 5.41) is 0. The van der Waals surface area contributed by atoms with Gasteiger partial charge in [-0.1, -0.05) is 0 Å². The highest BCUT2D eigenvalue weighted by atomic mass is 31.3. The lowest BCUT2D eigenvalue weighted by Gasteiger charge is -2.25. The van der Waals surface area contributed by atoms with Crippen LogP contribution in [0, 0.1) is 0 Å². The quantitative estimate of drug-likeness (QED) is 0.609. The molecule has 0 radical (unpaired) electrons. The van der Waals surface area contributed by atoms with Gasteiger partial charge >= 0.3 is 23.5 Å². The van der Waals surface area contributed by atoms with Crippen molar-refractivity contribution < 1.29 is 46.0 Å². The van der Waals surface area contributed by atoms with Crippen LogP contribution in [0.1, 0.15) is 0 Å². The predicted molar refractivity (Wildman–Crippen MR) is 38.7 cm³/mol. The van der Waals surface area contributed by atoms with E-state index < -0.39 is 30.3 Å². The molecule has 0 amide bonds. The molecule has 1 aliphatic rings. The maximum atomic E-state index is 10.8. The molecule has 1 aliphatic heterocycles. The van der Waals surface area contributed by atoms with Crippen molar-refractivity contribution in [3.8, 4) is 0 Å². The summed E-state index contributed by atoms with van der Waals surface area (Å²) in [4.78, 5) is 24.9. The molecule has 1 heterocycles. The molecule has 0 aromatic heterocycles. The van der Waals surface area contributed by atoms with Crippen molar-refractivity contribution in [2.45, 2.75) is 0 Å². The van der Waals surface area contributed by atoms with Gasteiger partial charge in [0.25, 0.3) is 0 Å². The van der Waals surface area contributed by atoms with Gasteiger partial charge in [0.1, 0.15) is 0 Å². The highest BCUT2D eigenvalue weighted by Crippen LogP contribution is 2.70. The average molecular weight is 270 g/mol. The topological polar surface area (TPSA) is 149 Å². The summed E-state index contributed by atoms with van der Waals surface area (Å²) >= 11 is 0. The SMILES string of the molecule is O=P(O)(O)OP(=O)(O)OP1(=O)OCO1. The van der Waals surface area contributed by atoms with E-state index in [0.717, 1.165) is 0 Å². The minimum atomic E-state index is -5.23. The van der Waals surface area contributed by atoms with Crippen LogP contribution < -0.4 is 0 Å². The van der Waals surface area contributed by atoms with Crippen LogP contribution >= 0.6 is 23.5 Å². The predicted octanol–water partition coefficient (Wildman–Crippen LogP) is 0.325. The van der Waals surface area contributed by atoms with Gasteiger partial charge in [-0.15, -0.1) is 0 Å². The van der Waals surface area contributed by atoms with Crippen LogP contribution in [0.4, 0.5) is 0 Å². The smallest absolute Gasteiger partial charge is 0.302 e. The lowest BCUT2D eigenvalue weighted by molar-refractivity contribution is -0.0257. The maximum absolute atomic E-state index is 10.8. The fourth-order valence-electron chi connectivity index (χ4n) is 0.462. The Balaban J connectivity index is 2.63. The number of rotatable bonds is 4. The third-order valence-corrected chi connectivity index (χ3v) is 4.98. The largest absolute Gasteiger partial charge is 0.490 e. The summed E-state index contributed by atoms with van der Waals surface area (Å²) in [5.41, 5.74) is 0. The van der Waals surface area contributed by atoms with Crippen molar-refractivity contribution in [2.24, 2.45) is 0 Å². The summed E-state index contributed by atoms with van der Waals surface area (Å²) < 4.78 is 47.0. The molecule has 10 nitrogen and oxygen atoms in total. The van der Waals surface area contributed by atoms with E-state index in [-0.39, 0.29) is 0 Å². The van der Waals surface area contributed by atoms with Crippen molar-refractivity contribution in [1.82, 2.24) is 0 Å². The van der Waals surface area contributed by atoms with E-state index in [9.17, 15) is 13.7 Å². The van der Waals surface area contributed by atoms with Crippen LogP contribution in [0.15, 0.2) is 0 Å². The molecule has 0 aromatic rings. The second-order valence-electron chi connectivity index (χ2n) is 1.95. The third kappa shape index (κ3) is 3.88. The van der Waals surface area contributed by atoms with Gasteiger partial charge in [0.2, 0.25) is 0 Å². The van der Waals surface area contributed by atoms with E-state index in [1.165, 1.54) is 0 Å². The van der Waals surface area contributed by atoms with E-state index in [2.05, 4.69) is 17.7 Å². The van der Waals surface area contributed by atoms with Crippen molar-refractivity contribution >= 4 is 23.5 Å². The molecule has 1 fully saturated rings. The molecule has 1 atom stereocenters. The summed E-state index contributed by atoms with van der Waals surface area (Å²) in [5.74, 6) is 0. The van der Waals surface area contributed by atoms with Crippen LogP contribution in [0.3, 0.4) is 0 Å². The zero-order valence-electron chi connectivity index (χ0n) is 6.25. The lowest BCUT2D eigenvalue weighted by atomic mass is 11.6. The molecule has 0 spiro atoms. The van der Waals surface area contributed by atoms with Gasteiger partial charge in [-0.05, 0) is 0 Å². The zero-order valence-corrected chi connectivity index (χ0v) is 8.93. The first-order valence-corrected chi connectivity index (χ1v) is 7.31. The molecule has 1 rings (SSSR count). The van der Waals surface area contributed by atoms with Crippen LogP contribution in [-0.4, -0.2) is 21.5 Å². The number of phosphoric acid groups is 3. The van der Waals surface area contributed by atoms with Gasteiger partial charge in [0.05, 0.1) is 0 Å². The van der Waals surface area contributed by atoms with Crippen LogP contribution in [0.2, 0.25) is 0 Å². The van der Waals surface area contributed by atoms with Gasteiger partial charge in [0, 0.05) is 0 Å². The Morgan fingerprint density at radius 2 is 1.71 bits per heavy atom. The summed E-state index contributed by atoms with van der Waals surface area (Å²) in [7, 11) is -14.6. The molecule has 1 unspecified atom stereocenters. The molecular weight excluding hydrogens is 265 g/mol. The second-order valence-corrected chi connectivity index (χ2v) is 6.58. The zero-order chi connectivity index (χ0) is 11.0. The maximum Gasteiger partial charge on any atom is 0.490 e. The molecule has 0 bridgehead atoms. The summed E-state index contributed by atoms with van der Waals surface area (Å²) in [6, 6.07) is 0. The Morgan fingerprint density at radius 1 is 1.21 bits per heavy atom. The van der Waals surface area contributed by atoms with Gasteiger partial charge in [-0.25, -0.2) is 13.7 Å². The highest BCUT2D eigenvalue weighted by Gasteiger charge is 2.46. The molecule has 3 N–H and O–H groups in total. The van der Waals surface area contributed by atoms with Crippen molar-refractivity contribution in [3.05, 3.63) is 0 Å². The molecule has 0 aliphatic carbocycles. The molecule has 0 aromatic carbocycles. The fourth-order valence-corrected chi connectivity index (χ4v) is 3.59. The normalized spacial score (nSPS) is 25.1. The van der Waals surface area contributed by atoms with Crippen LogP contribution in [-0.2, 0) is 31.4 Å². The first-order valence-electron chi connectivity index (χ1n) is 2.82. The van der Waals surface area contributed by atoms with Gasteiger partial charge in [-0.2, -0.15) is 8.62 Å². The molecule has 0 saturated carbocycles. The Morgan fingerprint density at radius 3 is 2.00 bits per heavy atom. The molecule has 14 heavy (non-hydrogen) atoms. The summed E-state index contributed by atoms with van der Waals surface area (Å²) in [6.45, 7) is -0.410. The standard InChI is InChI=1S/CH5O10P3/c2-12(3,4)10-13(5,6)11-14(7)8-1-9-14/h1H2,(H,5,6)(H2,2,3,4). The van der Waals surface area contributed by atoms with E-state index in [0.29, 0.717) is 0 Å². The Kier molecular flexibility index (Phi) is 3.36. The second kappa shape index (κ2) is 3.77. The first-order chi connectivity index (χ1) is 6.12. The molecule has 84 valence electrons. The number of hydrogen-bond donors (Lipinski definition) is 3. The molecular formula is CH5O10P3. The van der Waals surface area contributed by atoms with Gasteiger partial charge in [0.15, 0.2) is 6.79 Å². The van der Waals surface area contributed by atoms with Crippen molar-refractivity contribution in [3.63, 3.8) is 0 Å². The lowest BCUT2D eigenvalue weighted by Crippen LogP contribution is -2.11. The van der Waals surface area contributed by atoms with Gasteiger partial charge in [-0.3, -0.25) is 9.05 Å². The Bertz CT molecular complexity index is 342. The Hall–Kier alpha value is 0.410. The third-order valence-electron chi connectivity index (χ3n) is 0.834. The number of hydrogen-bond acceptors (Lipinski definition) is 7. The monoisotopic (exact) mass is 270 g/mol. The van der Waals surface area contributed by atoms with Gasteiger partial charge < -0.3 is 14.7 Å². The summed E-state index contributed by atoms with van der Waals surface area (Å²) in [6.07, 6.45) is 0. The molecule has 13 heteroatoms. The number of phosphoric ester groups is 1. The highest BCUT2D eigenvalue weighted by molar-refractivity contribution is 7.67. The Labute approximate surface area is 77.2 Å². The fraction of sp³-hybridized carbons (Fsp3) is 1.00. The minimum absolute atomic E-state index is 0.410. The first kappa shape index (κ1) is 12.5. The van der Waals surface area contributed by atoms with E-state index in [1.807, 2.05) is 0 Å².